The minimum atomic E-state index is -0.212. The van der Waals surface area contributed by atoms with Crippen molar-refractivity contribution in [3.05, 3.63) is 35.4 Å². The van der Waals surface area contributed by atoms with E-state index >= 15 is 0 Å². The molecule has 0 N–H and O–H groups in total. The number of benzene rings is 1. The van der Waals surface area contributed by atoms with Crippen molar-refractivity contribution in [2.75, 3.05) is 7.11 Å². The average Bonchev–Trinajstić information content (AvgIpc) is 2.28. The van der Waals surface area contributed by atoms with Gasteiger partial charge in [-0.2, -0.15) is 0 Å². The molecule has 0 aliphatic carbocycles. The average molecular weight is 220 g/mol. The number of esters is 1. The van der Waals surface area contributed by atoms with E-state index in [0.717, 1.165) is 5.56 Å². The van der Waals surface area contributed by atoms with Crippen molar-refractivity contribution in [1.29, 1.82) is 0 Å². The molecule has 0 amide bonds. The zero-order chi connectivity index (χ0) is 12.1. The molecular weight excluding hydrogens is 204 g/mol. The Labute approximate surface area is 95.4 Å². The summed E-state index contributed by atoms with van der Waals surface area (Å²) in [5, 5.41) is 0. The summed E-state index contributed by atoms with van der Waals surface area (Å²) in [5.74, 6) is -0.323. The fourth-order valence-corrected chi connectivity index (χ4v) is 1.51. The van der Waals surface area contributed by atoms with Crippen molar-refractivity contribution < 1.29 is 14.3 Å². The minimum absolute atomic E-state index is 0.0487. The van der Waals surface area contributed by atoms with Crippen molar-refractivity contribution in [1.82, 2.24) is 0 Å². The highest BCUT2D eigenvalue weighted by Crippen LogP contribution is 2.11. The Hall–Kier alpha value is -1.64. The number of rotatable bonds is 4. The molecule has 0 spiro atoms. The summed E-state index contributed by atoms with van der Waals surface area (Å²) in [6.45, 7) is 3.36. The van der Waals surface area contributed by atoms with Crippen LogP contribution in [-0.4, -0.2) is 18.9 Å². The molecule has 1 unspecified atom stereocenters. The first-order chi connectivity index (χ1) is 7.54. The van der Waals surface area contributed by atoms with Crippen LogP contribution >= 0.6 is 0 Å². The van der Waals surface area contributed by atoms with Gasteiger partial charge in [0.2, 0.25) is 0 Å². The van der Waals surface area contributed by atoms with Crippen LogP contribution in [0.3, 0.4) is 0 Å². The first kappa shape index (κ1) is 12.4. The molecule has 1 aromatic carbocycles. The molecule has 3 nitrogen and oxygen atoms in total. The lowest BCUT2D eigenvalue weighted by molar-refractivity contribution is -0.144. The lowest BCUT2D eigenvalue weighted by Gasteiger charge is -2.09. The second-order valence-electron chi connectivity index (χ2n) is 3.88. The standard InChI is InChI=1S/C13H16O3/c1-9(13(15)16-3)8-11-4-6-12(7-5-11)10(2)14/h4-7,9H,8H2,1-3H3. The zero-order valence-electron chi connectivity index (χ0n) is 9.82. The van der Waals surface area contributed by atoms with E-state index in [-0.39, 0.29) is 17.7 Å². The molecule has 86 valence electrons. The lowest BCUT2D eigenvalue weighted by Crippen LogP contribution is -2.15. The quantitative estimate of drug-likeness (QED) is 0.577. The highest BCUT2D eigenvalue weighted by atomic mass is 16.5. The number of hydrogen-bond donors (Lipinski definition) is 0. The van der Waals surface area contributed by atoms with Crippen LogP contribution in [0.1, 0.15) is 29.8 Å². The van der Waals surface area contributed by atoms with Gasteiger partial charge in [-0.25, -0.2) is 0 Å². The van der Waals surface area contributed by atoms with Crippen molar-refractivity contribution >= 4 is 11.8 Å². The maximum Gasteiger partial charge on any atom is 0.308 e. The molecule has 0 saturated heterocycles. The van der Waals surface area contributed by atoms with E-state index in [1.165, 1.54) is 14.0 Å². The molecule has 0 heterocycles. The molecule has 0 aliphatic rings. The Morgan fingerprint density at radius 3 is 2.25 bits per heavy atom. The van der Waals surface area contributed by atoms with Gasteiger partial charge in [0.25, 0.3) is 0 Å². The van der Waals surface area contributed by atoms with Crippen LogP contribution in [0.4, 0.5) is 0 Å². The Kier molecular flexibility index (Phi) is 4.23. The Bertz CT molecular complexity index is 379. The first-order valence-corrected chi connectivity index (χ1v) is 5.22. The maximum atomic E-state index is 11.2. The normalized spacial score (nSPS) is 11.9. The second-order valence-corrected chi connectivity index (χ2v) is 3.88. The fraction of sp³-hybridized carbons (Fsp3) is 0.385. The molecule has 0 saturated carbocycles. The molecule has 1 atom stereocenters. The summed E-state index contributed by atoms with van der Waals surface area (Å²) < 4.78 is 4.65. The van der Waals surface area contributed by atoms with Gasteiger partial charge in [-0.1, -0.05) is 31.2 Å². The molecule has 0 aliphatic heterocycles. The Morgan fingerprint density at radius 2 is 1.81 bits per heavy atom. The molecule has 0 fully saturated rings. The summed E-state index contributed by atoms with van der Waals surface area (Å²) in [7, 11) is 1.39. The van der Waals surface area contributed by atoms with E-state index in [9.17, 15) is 9.59 Å². The molecule has 1 rings (SSSR count). The van der Waals surface area contributed by atoms with Crippen LogP contribution in [-0.2, 0) is 16.0 Å². The van der Waals surface area contributed by atoms with Crippen LogP contribution < -0.4 is 0 Å². The molecule has 16 heavy (non-hydrogen) atoms. The first-order valence-electron chi connectivity index (χ1n) is 5.22. The Morgan fingerprint density at radius 1 is 1.25 bits per heavy atom. The van der Waals surface area contributed by atoms with Crippen molar-refractivity contribution in [2.45, 2.75) is 20.3 Å². The second kappa shape index (κ2) is 5.45. The summed E-state index contributed by atoms with van der Waals surface area (Å²) >= 11 is 0. The summed E-state index contributed by atoms with van der Waals surface area (Å²) in [5.41, 5.74) is 1.72. The van der Waals surface area contributed by atoms with E-state index in [2.05, 4.69) is 4.74 Å². The minimum Gasteiger partial charge on any atom is -0.469 e. The van der Waals surface area contributed by atoms with Crippen molar-refractivity contribution in [2.24, 2.45) is 5.92 Å². The van der Waals surface area contributed by atoms with Crippen LogP contribution in [0, 0.1) is 5.92 Å². The van der Waals surface area contributed by atoms with Gasteiger partial charge in [0.05, 0.1) is 13.0 Å². The van der Waals surface area contributed by atoms with Crippen LogP contribution in [0.25, 0.3) is 0 Å². The molecule has 0 bridgehead atoms. The third-order valence-corrected chi connectivity index (χ3v) is 2.51. The number of carbonyl (C=O) groups is 2. The fourth-order valence-electron chi connectivity index (χ4n) is 1.51. The van der Waals surface area contributed by atoms with Crippen LogP contribution in [0.5, 0.6) is 0 Å². The molecule has 0 radical (unpaired) electrons. The highest BCUT2D eigenvalue weighted by Gasteiger charge is 2.13. The third-order valence-electron chi connectivity index (χ3n) is 2.51. The van der Waals surface area contributed by atoms with E-state index in [1.54, 1.807) is 12.1 Å². The van der Waals surface area contributed by atoms with Gasteiger partial charge in [0.15, 0.2) is 5.78 Å². The molecule has 3 heteroatoms. The topological polar surface area (TPSA) is 43.4 Å². The largest absolute Gasteiger partial charge is 0.469 e. The van der Waals surface area contributed by atoms with Crippen LogP contribution in [0.2, 0.25) is 0 Å². The number of hydrogen-bond acceptors (Lipinski definition) is 3. The van der Waals surface area contributed by atoms with Crippen LogP contribution in [0.15, 0.2) is 24.3 Å². The zero-order valence-corrected chi connectivity index (χ0v) is 9.82. The summed E-state index contributed by atoms with van der Waals surface area (Å²) in [6.07, 6.45) is 0.630. The van der Waals surface area contributed by atoms with Crippen molar-refractivity contribution in [3.63, 3.8) is 0 Å². The third kappa shape index (κ3) is 3.19. The SMILES string of the molecule is COC(=O)C(C)Cc1ccc(C(C)=O)cc1. The lowest BCUT2D eigenvalue weighted by atomic mass is 9.99. The number of carbonyl (C=O) groups excluding carboxylic acids is 2. The number of Topliss-reactive ketones (excluding diaryl/α,β-unsaturated/α-hetero) is 1. The molecule has 1 aromatic rings. The Balaban J connectivity index is 2.68. The predicted molar refractivity (Wildman–Crippen MR) is 61.3 cm³/mol. The summed E-state index contributed by atoms with van der Waals surface area (Å²) in [6, 6.07) is 7.30. The molecular formula is C13H16O3. The number of methoxy groups -OCH3 is 1. The number of ketones is 1. The van der Waals surface area contributed by atoms with Gasteiger partial charge in [0, 0.05) is 5.56 Å². The molecule has 0 aromatic heterocycles. The van der Waals surface area contributed by atoms with Gasteiger partial charge in [-0.3, -0.25) is 9.59 Å². The van der Waals surface area contributed by atoms with Gasteiger partial charge in [0.1, 0.15) is 0 Å². The van der Waals surface area contributed by atoms with Crippen molar-refractivity contribution in [3.8, 4) is 0 Å². The number of ether oxygens (including phenoxy) is 1. The smallest absolute Gasteiger partial charge is 0.308 e. The van der Waals surface area contributed by atoms with E-state index < -0.39 is 0 Å². The van der Waals surface area contributed by atoms with E-state index in [4.69, 9.17) is 0 Å². The summed E-state index contributed by atoms with van der Waals surface area (Å²) in [4.78, 5) is 22.3. The predicted octanol–water partition coefficient (Wildman–Crippen LogP) is 2.24. The van der Waals surface area contributed by atoms with E-state index in [0.29, 0.717) is 12.0 Å². The maximum absolute atomic E-state index is 11.2. The monoisotopic (exact) mass is 220 g/mol. The van der Waals surface area contributed by atoms with Gasteiger partial charge >= 0.3 is 5.97 Å². The highest BCUT2D eigenvalue weighted by molar-refractivity contribution is 5.94. The van der Waals surface area contributed by atoms with Gasteiger partial charge in [-0.05, 0) is 18.9 Å². The van der Waals surface area contributed by atoms with E-state index in [1.807, 2.05) is 19.1 Å². The van der Waals surface area contributed by atoms with Gasteiger partial charge < -0.3 is 4.74 Å². The van der Waals surface area contributed by atoms with Gasteiger partial charge in [-0.15, -0.1) is 0 Å².